The van der Waals surface area contributed by atoms with Crippen molar-refractivity contribution in [1.82, 2.24) is 4.98 Å². The molecule has 3 atom stereocenters. The lowest BCUT2D eigenvalue weighted by Gasteiger charge is -2.18. The quantitative estimate of drug-likeness (QED) is 0.0717. The standard InChI is InChI=1S/C14H22O2.C13H18O.C5H5N.HO4P.H2/c1-12(11-14(15-2)16-3)9-10-13-7-5-4-6-8-13;1-12(10-11-14-2)8-9-13-6-4-3-5-7-13;1-2-4-6-5-3-1;1-4-5(2)3;/h4-8,12,14H,9-11H2,1-3H3;3-7,10-12H,8-9H2,1-2H3;1-5H;1H;1H/b;11-10+;;;. The average molecular weight is 590 g/mol. The minimum atomic E-state index is -3.04. The molecule has 1 N–H and O–H groups in total. The normalized spacial score (nSPS) is 12.0. The van der Waals surface area contributed by atoms with Crippen LogP contribution in [0.3, 0.4) is 0 Å². The highest BCUT2D eigenvalue weighted by atomic mass is 31.1. The Kier molecular flexibility index (Phi) is 25.2. The zero-order valence-electron chi connectivity index (χ0n) is 24.9. The predicted molar refractivity (Wildman–Crippen MR) is 164 cm³/mol. The fourth-order valence-corrected chi connectivity index (χ4v) is 3.45. The Hall–Kier alpha value is -2.97. The van der Waals surface area contributed by atoms with Crippen molar-refractivity contribution in [3.8, 4) is 0 Å². The lowest BCUT2D eigenvalue weighted by molar-refractivity contribution is -0.244. The molecule has 41 heavy (non-hydrogen) atoms. The Morgan fingerprint density at radius 1 is 0.854 bits per heavy atom. The maximum absolute atomic E-state index is 8.93. The van der Waals surface area contributed by atoms with Gasteiger partial charge in [-0.1, -0.05) is 80.6 Å². The van der Waals surface area contributed by atoms with Gasteiger partial charge in [0, 0.05) is 39.1 Å². The molecule has 0 fully saturated rings. The number of benzene rings is 2. The second kappa shape index (κ2) is 27.2. The van der Waals surface area contributed by atoms with Crippen molar-refractivity contribution >= 4 is 8.25 Å². The first kappa shape index (κ1) is 38.0. The van der Waals surface area contributed by atoms with Gasteiger partial charge in [0.2, 0.25) is 0 Å². The Morgan fingerprint density at radius 3 is 1.68 bits per heavy atom. The molecule has 3 rings (SSSR count). The summed E-state index contributed by atoms with van der Waals surface area (Å²) >= 11 is 0. The van der Waals surface area contributed by atoms with Crippen molar-refractivity contribution < 1.29 is 35.0 Å². The van der Waals surface area contributed by atoms with Gasteiger partial charge in [0.05, 0.1) is 13.4 Å². The van der Waals surface area contributed by atoms with Gasteiger partial charge in [0.1, 0.15) is 0 Å². The monoisotopic (exact) mass is 589 g/mol. The van der Waals surface area contributed by atoms with Gasteiger partial charge in [-0.25, -0.2) is 5.26 Å². The van der Waals surface area contributed by atoms with Gasteiger partial charge >= 0.3 is 8.25 Å². The van der Waals surface area contributed by atoms with Gasteiger partial charge in [-0.15, -0.1) is 0 Å². The number of aromatic nitrogens is 1. The molecule has 9 heteroatoms. The number of methoxy groups -OCH3 is 3. The Balaban J connectivity index is 0. The van der Waals surface area contributed by atoms with Crippen LogP contribution in [0.5, 0.6) is 0 Å². The molecule has 3 aromatic rings. The molecule has 0 aliphatic carbocycles. The minimum absolute atomic E-state index is 0. The van der Waals surface area contributed by atoms with E-state index in [0.717, 1.165) is 19.3 Å². The highest BCUT2D eigenvalue weighted by Gasteiger charge is 2.11. The van der Waals surface area contributed by atoms with Crippen LogP contribution < -0.4 is 4.89 Å². The summed E-state index contributed by atoms with van der Waals surface area (Å²) in [6.07, 6.45) is 12.9. The van der Waals surface area contributed by atoms with E-state index in [9.17, 15) is 0 Å². The number of aryl methyl sites for hydroxylation is 2. The molecule has 0 bridgehead atoms. The van der Waals surface area contributed by atoms with E-state index in [0.29, 0.717) is 11.8 Å². The van der Waals surface area contributed by atoms with E-state index in [1.165, 1.54) is 24.0 Å². The third-order valence-electron chi connectivity index (χ3n) is 5.80. The molecule has 0 spiro atoms. The Labute approximate surface area is 248 Å². The molecule has 0 radical (unpaired) electrons. The zero-order valence-corrected chi connectivity index (χ0v) is 25.8. The fraction of sp³-hybridized carbons (Fsp3) is 0.406. The number of hydrogen-bond acceptors (Lipinski definition) is 8. The van der Waals surface area contributed by atoms with Gasteiger partial charge < -0.3 is 19.1 Å². The van der Waals surface area contributed by atoms with Crippen LogP contribution in [0.25, 0.3) is 0 Å². The first-order chi connectivity index (χ1) is 19.9. The Bertz CT molecular complexity index is 971. The summed E-state index contributed by atoms with van der Waals surface area (Å²) in [7, 11) is 2.02. The van der Waals surface area contributed by atoms with Crippen molar-refractivity contribution in [1.29, 1.82) is 0 Å². The molecule has 0 saturated heterocycles. The van der Waals surface area contributed by atoms with E-state index < -0.39 is 8.25 Å². The van der Waals surface area contributed by atoms with Gasteiger partial charge in [-0.05, 0) is 71.4 Å². The molecule has 0 saturated carbocycles. The van der Waals surface area contributed by atoms with Crippen molar-refractivity contribution in [2.24, 2.45) is 11.8 Å². The van der Waals surface area contributed by atoms with E-state index in [4.69, 9.17) is 28.9 Å². The van der Waals surface area contributed by atoms with Crippen LogP contribution in [-0.2, 0) is 36.3 Å². The van der Waals surface area contributed by atoms with Gasteiger partial charge in [0.15, 0.2) is 6.29 Å². The number of nitrogens with zero attached hydrogens (tertiary/aromatic N) is 1. The van der Waals surface area contributed by atoms with Crippen molar-refractivity contribution in [3.05, 3.63) is 115 Å². The van der Waals surface area contributed by atoms with Crippen LogP contribution in [0.4, 0.5) is 0 Å². The van der Waals surface area contributed by atoms with E-state index in [-0.39, 0.29) is 7.72 Å². The van der Waals surface area contributed by atoms with Gasteiger partial charge in [-0.2, -0.15) is 0 Å². The smallest absolute Gasteiger partial charge is 0.521 e. The molecule has 0 aliphatic rings. The number of allylic oxidation sites excluding steroid dienone is 1. The summed E-state index contributed by atoms with van der Waals surface area (Å²) in [5, 5.41) is 7.05. The molecule has 2 aromatic carbocycles. The lowest BCUT2D eigenvalue weighted by Crippen LogP contribution is -2.17. The minimum Gasteiger partial charge on any atom is -0.565 e. The van der Waals surface area contributed by atoms with Crippen molar-refractivity contribution in [3.63, 3.8) is 0 Å². The van der Waals surface area contributed by atoms with Crippen molar-refractivity contribution in [2.45, 2.75) is 52.2 Å². The summed E-state index contributed by atoms with van der Waals surface area (Å²) in [6.45, 7) is 4.45. The third kappa shape index (κ3) is 24.5. The highest BCUT2D eigenvalue weighted by molar-refractivity contribution is 7.30. The first-order valence-electron chi connectivity index (χ1n) is 13.5. The summed E-state index contributed by atoms with van der Waals surface area (Å²) in [6, 6.07) is 26.9. The van der Waals surface area contributed by atoms with E-state index in [1.54, 1.807) is 40.0 Å². The van der Waals surface area contributed by atoms with E-state index in [1.807, 2.05) is 18.2 Å². The molecule has 1 heterocycles. The summed E-state index contributed by atoms with van der Waals surface area (Å²) in [5.74, 6) is 1.19. The van der Waals surface area contributed by atoms with Gasteiger partial charge in [-0.3, -0.25) is 4.98 Å². The van der Waals surface area contributed by atoms with Crippen LogP contribution in [0.1, 0.15) is 45.7 Å². The lowest BCUT2D eigenvalue weighted by atomic mass is 9.98. The highest BCUT2D eigenvalue weighted by Crippen LogP contribution is 2.16. The largest absolute Gasteiger partial charge is 0.565 e. The summed E-state index contributed by atoms with van der Waals surface area (Å²) in [4.78, 5) is 12.7. The average Bonchev–Trinajstić information content (AvgIpc) is 3.03. The summed E-state index contributed by atoms with van der Waals surface area (Å²) < 4.78 is 26.9. The molecule has 3 unspecified atom stereocenters. The maximum Gasteiger partial charge on any atom is 0.521 e. The molecular weight excluding hydrogens is 541 g/mol. The molecule has 1 aromatic heterocycles. The van der Waals surface area contributed by atoms with E-state index in [2.05, 4.69) is 90.2 Å². The molecular formula is C32H48NO7P. The number of ether oxygens (including phenoxy) is 3. The topological polar surface area (TPSA) is 110 Å². The van der Waals surface area contributed by atoms with Crippen LogP contribution >= 0.6 is 8.25 Å². The molecule has 8 nitrogen and oxygen atoms in total. The van der Waals surface area contributed by atoms with E-state index >= 15 is 0 Å². The Morgan fingerprint density at radius 2 is 1.32 bits per heavy atom. The second-order valence-electron chi connectivity index (χ2n) is 9.16. The first-order valence-corrected chi connectivity index (χ1v) is 14.6. The van der Waals surface area contributed by atoms with Crippen LogP contribution in [0.2, 0.25) is 0 Å². The van der Waals surface area contributed by atoms with Crippen LogP contribution in [0.15, 0.2) is 104 Å². The van der Waals surface area contributed by atoms with Gasteiger partial charge in [0.25, 0.3) is 0 Å². The van der Waals surface area contributed by atoms with Crippen molar-refractivity contribution in [2.75, 3.05) is 21.3 Å². The number of rotatable bonds is 13. The van der Waals surface area contributed by atoms with Crippen LogP contribution in [-0.4, -0.2) is 37.9 Å². The summed E-state index contributed by atoms with van der Waals surface area (Å²) in [5.41, 5.74) is 2.81. The molecule has 0 aliphatic heterocycles. The fourth-order valence-electron chi connectivity index (χ4n) is 3.45. The van der Waals surface area contributed by atoms with Crippen LogP contribution in [0, 0.1) is 11.8 Å². The SMILES string of the molecule is CO/C=C/C(C)CCc1ccccc1.COC(CC(C)CCc1ccccc1)OC.O=[P+]([O-])OO.[HH].c1ccncc1. The number of hydrogen-bond donors (Lipinski definition) is 1. The predicted octanol–water partition coefficient (Wildman–Crippen LogP) is 7.50. The molecule has 0 amide bonds. The maximum atomic E-state index is 8.93. The zero-order chi connectivity index (χ0) is 30.6. The number of pyridine rings is 1. The third-order valence-corrected chi connectivity index (χ3v) is 5.93. The second-order valence-corrected chi connectivity index (χ2v) is 9.77. The molecule has 228 valence electrons.